The molecule has 2 aliphatic heterocycles. The zero-order valence-corrected chi connectivity index (χ0v) is 23.3. The zero-order chi connectivity index (χ0) is 27.6. The van der Waals surface area contributed by atoms with Gasteiger partial charge in [0.1, 0.15) is 6.04 Å². The highest BCUT2D eigenvalue weighted by Gasteiger charge is 2.48. The summed E-state index contributed by atoms with van der Waals surface area (Å²) in [5.74, 6) is -1.16. The quantitative estimate of drug-likeness (QED) is 0.438. The maximum absolute atomic E-state index is 14.0. The Balaban J connectivity index is 1.47. The summed E-state index contributed by atoms with van der Waals surface area (Å²) in [6, 6.07) is 6.14. The Labute approximate surface area is 227 Å². The summed E-state index contributed by atoms with van der Waals surface area (Å²) in [7, 11) is 0. The Morgan fingerprint density at radius 2 is 1.95 bits per heavy atom. The molecule has 0 saturated carbocycles. The first-order valence-electron chi connectivity index (χ1n) is 13.0. The Hall–Kier alpha value is -3.02. The summed E-state index contributed by atoms with van der Waals surface area (Å²) in [5.41, 5.74) is 9.95. The van der Waals surface area contributed by atoms with Gasteiger partial charge in [0, 0.05) is 39.1 Å². The second-order valence-electron chi connectivity index (χ2n) is 11.2. The Kier molecular flexibility index (Phi) is 8.39. The van der Waals surface area contributed by atoms with Crippen LogP contribution in [0.5, 0.6) is 0 Å². The SMILES string of the molecule is Cc1ncsc1-c1ccc(CNC(=O)[C@@H]2C[C@@H](O)CN2C(=O)[C@H](C2CNCCN2C(N)=O)C(C)(C)C)cc1. The molecule has 3 heterocycles. The summed E-state index contributed by atoms with van der Waals surface area (Å²) in [6.45, 7) is 9.64. The number of hydrogen-bond donors (Lipinski definition) is 4. The number of nitrogens with two attached hydrogens (primary N) is 1. The van der Waals surface area contributed by atoms with Crippen molar-refractivity contribution in [1.82, 2.24) is 25.4 Å². The van der Waals surface area contributed by atoms with Crippen molar-refractivity contribution in [2.75, 3.05) is 26.2 Å². The van der Waals surface area contributed by atoms with Gasteiger partial charge in [-0.25, -0.2) is 9.78 Å². The number of aromatic nitrogens is 1. The number of rotatable bonds is 6. The standard InChI is InChI=1S/C27H38N6O4S/c1-16-23(38-15-31-16)18-7-5-17(6-8-18)12-30-24(35)20-11-19(34)14-33(20)25(36)22(27(2,3)4)21-13-29-9-10-32(21)26(28)37/h5-8,15,19-22,29,34H,9-14H2,1-4H3,(H2,28,37)(H,30,35)/t19-,20+,21?,22+/m1/s1. The number of likely N-dealkylation sites (tertiary alicyclic amines) is 1. The van der Waals surface area contributed by atoms with E-state index in [1.165, 1.54) is 4.90 Å². The van der Waals surface area contributed by atoms with Crippen molar-refractivity contribution >= 4 is 29.2 Å². The largest absolute Gasteiger partial charge is 0.391 e. The fraction of sp³-hybridized carbons (Fsp3) is 0.556. The minimum absolute atomic E-state index is 0.0725. The molecule has 2 aliphatic rings. The lowest BCUT2D eigenvalue weighted by atomic mass is 9.74. The van der Waals surface area contributed by atoms with Crippen molar-refractivity contribution in [1.29, 1.82) is 0 Å². The van der Waals surface area contributed by atoms with Crippen LogP contribution in [0.2, 0.25) is 0 Å². The zero-order valence-electron chi connectivity index (χ0n) is 22.4. The van der Waals surface area contributed by atoms with E-state index in [0.29, 0.717) is 26.2 Å². The monoisotopic (exact) mass is 542 g/mol. The molecule has 0 spiro atoms. The second-order valence-corrected chi connectivity index (χ2v) is 12.1. The third-order valence-electron chi connectivity index (χ3n) is 7.44. The first-order valence-corrected chi connectivity index (χ1v) is 13.9. The number of carbonyl (C=O) groups is 3. The third-order valence-corrected chi connectivity index (χ3v) is 8.42. The van der Waals surface area contributed by atoms with E-state index in [4.69, 9.17) is 5.73 Å². The highest BCUT2D eigenvalue weighted by Crippen LogP contribution is 2.35. The molecule has 4 amide bonds. The Morgan fingerprint density at radius 3 is 2.55 bits per heavy atom. The lowest BCUT2D eigenvalue weighted by molar-refractivity contribution is -0.147. The number of thiazole rings is 1. The van der Waals surface area contributed by atoms with E-state index in [-0.39, 0.29) is 24.8 Å². The molecule has 0 radical (unpaired) electrons. The molecular weight excluding hydrogens is 504 g/mol. The van der Waals surface area contributed by atoms with Gasteiger partial charge < -0.3 is 31.3 Å². The molecule has 2 aromatic rings. The number of aliphatic hydroxyl groups excluding tert-OH is 1. The molecular formula is C27H38N6O4S. The number of piperazine rings is 1. The minimum atomic E-state index is -0.797. The van der Waals surface area contributed by atoms with E-state index in [0.717, 1.165) is 21.7 Å². The van der Waals surface area contributed by atoms with Crippen molar-refractivity contribution in [2.45, 2.75) is 58.8 Å². The normalized spacial score (nSPS) is 22.8. The van der Waals surface area contributed by atoms with E-state index in [9.17, 15) is 19.5 Å². The summed E-state index contributed by atoms with van der Waals surface area (Å²) in [5, 5.41) is 16.7. The fourth-order valence-corrected chi connectivity index (χ4v) is 6.37. The van der Waals surface area contributed by atoms with E-state index in [2.05, 4.69) is 15.6 Å². The lowest BCUT2D eigenvalue weighted by Gasteiger charge is -2.45. The number of aliphatic hydroxyl groups is 1. The van der Waals surface area contributed by atoms with Gasteiger partial charge in [0.25, 0.3) is 0 Å². The molecule has 1 aromatic carbocycles. The summed E-state index contributed by atoms with van der Waals surface area (Å²) < 4.78 is 0. The number of nitrogens with one attached hydrogen (secondary N) is 2. The average Bonchev–Trinajstić information content (AvgIpc) is 3.47. The molecule has 4 rings (SSSR count). The molecule has 4 atom stereocenters. The van der Waals surface area contributed by atoms with Crippen LogP contribution in [-0.4, -0.2) is 82.1 Å². The number of urea groups is 1. The maximum atomic E-state index is 14.0. The van der Waals surface area contributed by atoms with Crippen LogP contribution in [0.4, 0.5) is 4.79 Å². The molecule has 10 nitrogen and oxygen atoms in total. The first kappa shape index (κ1) is 28.0. The van der Waals surface area contributed by atoms with Crippen molar-refractivity contribution in [2.24, 2.45) is 17.1 Å². The Bertz CT molecular complexity index is 1160. The van der Waals surface area contributed by atoms with Gasteiger partial charge in [-0.3, -0.25) is 9.59 Å². The molecule has 1 aromatic heterocycles. The number of nitrogens with zero attached hydrogens (tertiary/aromatic N) is 3. The van der Waals surface area contributed by atoms with Gasteiger partial charge >= 0.3 is 6.03 Å². The van der Waals surface area contributed by atoms with Gasteiger partial charge in [0.15, 0.2) is 0 Å². The Morgan fingerprint density at radius 1 is 1.24 bits per heavy atom. The molecule has 2 saturated heterocycles. The van der Waals surface area contributed by atoms with E-state index in [1.807, 2.05) is 57.5 Å². The van der Waals surface area contributed by atoms with E-state index >= 15 is 0 Å². The predicted octanol–water partition coefficient (Wildman–Crippen LogP) is 1.71. The van der Waals surface area contributed by atoms with Crippen LogP contribution in [0.3, 0.4) is 0 Å². The van der Waals surface area contributed by atoms with Gasteiger partial charge in [-0.2, -0.15) is 0 Å². The number of benzene rings is 1. The predicted molar refractivity (Wildman–Crippen MR) is 146 cm³/mol. The van der Waals surface area contributed by atoms with Crippen molar-refractivity contribution in [3.05, 3.63) is 41.0 Å². The summed E-state index contributed by atoms with van der Waals surface area (Å²) >= 11 is 1.59. The molecule has 11 heteroatoms. The van der Waals surface area contributed by atoms with Crippen LogP contribution in [0, 0.1) is 18.3 Å². The average molecular weight is 543 g/mol. The van der Waals surface area contributed by atoms with Gasteiger partial charge in [0.05, 0.1) is 34.1 Å². The molecule has 206 valence electrons. The number of primary amides is 1. The van der Waals surface area contributed by atoms with Crippen molar-refractivity contribution in [3.63, 3.8) is 0 Å². The molecule has 0 bridgehead atoms. The third kappa shape index (κ3) is 6.00. The lowest BCUT2D eigenvalue weighted by Crippen LogP contribution is -2.63. The van der Waals surface area contributed by atoms with Crippen LogP contribution < -0.4 is 16.4 Å². The van der Waals surface area contributed by atoms with E-state index < -0.39 is 35.6 Å². The van der Waals surface area contributed by atoms with E-state index in [1.54, 1.807) is 16.2 Å². The minimum Gasteiger partial charge on any atom is -0.391 e. The maximum Gasteiger partial charge on any atom is 0.315 e. The summed E-state index contributed by atoms with van der Waals surface area (Å²) in [4.78, 5) is 47.9. The fourth-order valence-electron chi connectivity index (χ4n) is 5.55. The first-order chi connectivity index (χ1) is 18.0. The number of aryl methyl sites for hydroxylation is 1. The van der Waals surface area contributed by atoms with Crippen molar-refractivity contribution in [3.8, 4) is 10.4 Å². The van der Waals surface area contributed by atoms with Crippen LogP contribution in [0.1, 0.15) is 38.4 Å². The summed E-state index contributed by atoms with van der Waals surface area (Å²) in [6.07, 6.45) is -0.630. The van der Waals surface area contributed by atoms with Gasteiger partial charge in [-0.1, -0.05) is 45.0 Å². The second kappa shape index (κ2) is 11.4. The van der Waals surface area contributed by atoms with Crippen LogP contribution in [-0.2, 0) is 16.1 Å². The van der Waals surface area contributed by atoms with Gasteiger partial charge in [-0.15, -0.1) is 11.3 Å². The number of β-amino-alcohol motifs (C(OH)–C–C–N with tert-alkyl or cyclic N) is 1. The number of amides is 4. The van der Waals surface area contributed by atoms with Gasteiger partial charge in [-0.05, 0) is 23.5 Å². The number of carbonyl (C=O) groups excluding carboxylic acids is 3. The smallest absolute Gasteiger partial charge is 0.315 e. The molecule has 2 fully saturated rings. The van der Waals surface area contributed by atoms with Crippen LogP contribution in [0.25, 0.3) is 10.4 Å². The molecule has 1 unspecified atom stereocenters. The van der Waals surface area contributed by atoms with Gasteiger partial charge in [0.2, 0.25) is 11.8 Å². The van der Waals surface area contributed by atoms with Crippen LogP contribution >= 0.6 is 11.3 Å². The topological polar surface area (TPSA) is 141 Å². The highest BCUT2D eigenvalue weighted by atomic mass is 32.1. The van der Waals surface area contributed by atoms with Crippen molar-refractivity contribution < 1.29 is 19.5 Å². The molecule has 38 heavy (non-hydrogen) atoms. The molecule has 0 aliphatic carbocycles. The number of hydrogen-bond acceptors (Lipinski definition) is 7. The van der Waals surface area contributed by atoms with Crippen LogP contribution in [0.15, 0.2) is 29.8 Å². The highest BCUT2D eigenvalue weighted by molar-refractivity contribution is 7.13. The molecule has 5 N–H and O–H groups in total.